The van der Waals surface area contributed by atoms with Crippen molar-refractivity contribution in [1.82, 2.24) is 9.36 Å². The Morgan fingerprint density at radius 3 is 2.94 bits per heavy atom. The second kappa shape index (κ2) is 5.54. The van der Waals surface area contributed by atoms with E-state index in [1.165, 1.54) is 17.6 Å². The van der Waals surface area contributed by atoms with Crippen LogP contribution >= 0.6 is 11.5 Å². The summed E-state index contributed by atoms with van der Waals surface area (Å²) in [6.07, 6.45) is 0.987. The fourth-order valence-electron chi connectivity index (χ4n) is 1.46. The van der Waals surface area contributed by atoms with Gasteiger partial charge in [0.15, 0.2) is 5.82 Å². The van der Waals surface area contributed by atoms with Crippen LogP contribution in [0.2, 0.25) is 0 Å². The Morgan fingerprint density at radius 1 is 1.44 bits per heavy atom. The molecule has 94 valence electrons. The van der Waals surface area contributed by atoms with Crippen LogP contribution in [-0.2, 0) is 0 Å². The zero-order valence-corrected chi connectivity index (χ0v) is 10.6. The highest BCUT2D eigenvalue weighted by Crippen LogP contribution is 2.29. The average molecular weight is 264 g/mol. The van der Waals surface area contributed by atoms with Crippen molar-refractivity contribution in [1.29, 1.82) is 0 Å². The van der Waals surface area contributed by atoms with Gasteiger partial charge in [0.25, 0.3) is 5.69 Å². The molecule has 1 heterocycles. The fraction of sp³-hybridized carbons (Fsp3) is 0.273. The summed E-state index contributed by atoms with van der Waals surface area (Å²) in [5.41, 5.74) is 0.473. The number of hydrogen-bond acceptors (Lipinski definition) is 6. The van der Waals surface area contributed by atoms with E-state index in [0.717, 1.165) is 13.0 Å². The Hall–Kier alpha value is -2.02. The van der Waals surface area contributed by atoms with Crippen LogP contribution in [0.5, 0.6) is 0 Å². The summed E-state index contributed by atoms with van der Waals surface area (Å²) < 4.78 is 4.15. The molecule has 18 heavy (non-hydrogen) atoms. The van der Waals surface area contributed by atoms with Gasteiger partial charge in [-0.1, -0.05) is 19.1 Å². The zero-order valence-electron chi connectivity index (χ0n) is 9.79. The molecule has 0 saturated heterocycles. The monoisotopic (exact) mass is 264 g/mol. The number of nitrogens with one attached hydrogen (secondary N) is 1. The smallest absolute Gasteiger partial charge is 0.280 e. The lowest BCUT2D eigenvalue weighted by atomic mass is 10.2. The minimum atomic E-state index is -0.421. The lowest BCUT2D eigenvalue weighted by Gasteiger charge is -1.98. The maximum atomic E-state index is 10.9. The molecule has 0 aliphatic carbocycles. The molecule has 0 amide bonds. The summed E-state index contributed by atoms with van der Waals surface area (Å²) in [4.78, 5) is 14.7. The van der Waals surface area contributed by atoms with E-state index in [-0.39, 0.29) is 5.69 Å². The zero-order chi connectivity index (χ0) is 13.0. The number of aromatic nitrogens is 2. The maximum Gasteiger partial charge on any atom is 0.280 e. The second-order valence-electron chi connectivity index (χ2n) is 3.62. The van der Waals surface area contributed by atoms with E-state index in [1.54, 1.807) is 18.2 Å². The van der Waals surface area contributed by atoms with Crippen LogP contribution in [0.1, 0.15) is 13.3 Å². The minimum Gasteiger partial charge on any atom is -0.360 e. The van der Waals surface area contributed by atoms with E-state index in [0.29, 0.717) is 16.5 Å². The van der Waals surface area contributed by atoms with Crippen molar-refractivity contribution < 1.29 is 4.92 Å². The molecule has 0 saturated carbocycles. The first-order valence-corrected chi connectivity index (χ1v) is 6.31. The molecule has 7 heteroatoms. The molecule has 6 nitrogen and oxygen atoms in total. The number of benzene rings is 1. The van der Waals surface area contributed by atoms with Gasteiger partial charge in [0.2, 0.25) is 5.13 Å². The molecule has 0 bridgehead atoms. The highest BCUT2D eigenvalue weighted by molar-refractivity contribution is 7.09. The first-order chi connectivity index (χ1) is 8.72. The van der Waals surface area contributed by atoms with Crippen molar-refractivity contribution in [3.63, 3.8) is 0 Å². The Bertz CT molecular complexity index is 555. The number of hydrogen-bond donors (Lipinski definition) is 1. The molecule has 0 radical (unpaired) electrons. The summed E-state index contributed by atoms with van der Waals surface area (Å²) in [7, 11) is 0. The van der Waals surface area contributed by atoms with E-state index < -0.39 is 4.92 Å². The molecule has 2 rings (SSSR count). The lowest BCUT2D eigenvalue weighted by Crippen LogP contribution is -1.98. The molecule has 0 aliphatic heterocycles. The first-order valence-electron chi connectivity index (χ1n) is 5.53. The van der Waals surface area contributed by atoms with Crippen LogP contribution in [0, 0.1) is 10.1 Å². The normalized spacial score (nSPS) is 10.3. The van der Waals surface area contributed by atoms with Crippen LogP contribution in [0.4, 0.5) is 10.8 Å². The molecule has 0 fully saturated rings. The largest absolute Gasteiger partial charge is 0.360 e. The third-order valence-electron chi connectivity index (χ3n) is 2.29. The van der Waals surface area contributed by atoms with Crippen LogP contribution in [0.3, 0.4) is 0 Å². The summed E-state index contributed by atoms with van der Waals surface area (Å²) in [6.45, 7) is 2.86. The molecule has 0 unspecified atom stereocenters. The molecular formula is C11H12N4O2S. The minimum absolute atomic E-state index is 0.0253. The van der Waals surface area contributed by atoms with Gasteiger partial charge in [0, 0.05) is 24.1 Å². The van der Waals surface area contributed by atoms with Crippen LogP contribution in [0.25, 0.3) is 11.4 Å². The topological polar surface area (TPSA) is 81.0 Å². The second-order valence-corrected chi connectivity index (χ2v) is 4.38. The third kappa shape index (κ3) is 2.62. The molecule has 2 aromatic rings. The Balaban J connectivity index is 2.31. The molecular weight excluding hydrogens is 252 g/mol. The van der Waals surface area contributed by atoms with Gasteiger partial charge in [0.1, 0.15) is 0 Å². The summed E-state index contributed by atoms with van der Waals surface area (Å²) in [5, 5.41) is 14.7. The number of nitrogens with zero attached hydrogens (tertiary/aromatic N) is 3. The number of anilines is 1. The van der Waals surface area contributed by atoms with Gasteiger partial charge in [-0.25, -0.2) is 0 Å². The number of nitro benzene ring substituents is 1. The van der Waals surface area contributed by atoms with Gasteiger partial charge >= 0.3 is 0 Å². The van der Waals surface area contributed by atoms with E-state index >= 15 is 0 Å². The summed E-state index contributed by atoms with van der Waals surface area (Å²) in [5.74, 6) is 0.394. The lowest BCUT2D eigenvalue weighted by molar-refractivity contribution is -0.384. The average Bonchev–Trinajstić information content (AvgIpc) is 2.85. The van der Waals surface area contributed by atoms with Crippen LogP contribution < -0.4 is 5.32 Å². The van der Waals surface area contributed by atoms with Gasteiger partial charge < -0.3 is 5.32 Å². The van der Waals surface area contributed by atoms with Crippen molar-refractivity contribution in [2.24, 2.45) is 0 Å². The summed E-state index contributed by atoms with van der Waals surface area (Å²) >= 11 is 1.21. The van der Waals surface area contributed by atoms with Gasteiger partial charge in [0.05, 0.1) is 10.5 Å². The predicted molar refractivity (Wildman–Crippen MR) is 70.8 cm³/mol. The van der Waals surface area contributed by atoms with E-state index in [9.17, 15) is 10.1 Å². The van der Waals surface area contributed by atoms with Crippen molar-refractivity contribution in [2.75, 3.05) is 11.9 Å². The number of nitro groups is 1. The van der Waals surface area contributed by atoms with Crippen LogP contribution in [0.15, 0.2) is 24.3 Å². The van der Waals surface area contributed by atoms with Crippen molar-refractivity contribution in [2.45, 2.75) is 13.3 Å². The highest BCUT2D eigenvalue weighted by atomic mass is 32.1. The third-order valence-corrected chi connectivity index (χ3v) is 2.97. The van der Waals surface area contributed by atoms with Gasteiger partial charge in [-0.05, 0) is 12.5 Å². The highest BCUT2D eigenvalue weighted by Gasteiger charge is 2.17. The molecule has 1 aromatic heterocycles. The fourth-order valence-corrected chi connectivity index (χ4v) is 2.06. The Labute approximate surface area is 108 Å². The summed E-state index contributed by atoms with van der Waals surface area (Å²) in [6, 6.07) is 6.48. The maximum absolute atomic E-state index is 10.9. The molecule has 0 spiro atoms. The van der Waals surface area contributed by atoms with Crippen molar-refractivity contribution >= 4 is 22.4 Å². The van der Waals surface area contributed by atoms with Crippen molar-refractivity contribution in [3.8, 4) is 11.4 Å². The molecule has 1 aromatic carbocycles. The van der Waals surface area contributed by atoms with Crippen molar-refractivity contribution in [3.05, 3.63) is 34.4 Å². The SMILES string of the molecule is CCCNc1nc(-c2ccccc2[N+](=O)[O-])ns1. The first kappa shape index (κ1) is 12.4. The Morgan fingerprint density at radius 2 is 2.22 bits per heavy atom. The van der Waals surface area contributed by atoms with E-state index in [4.69, 9.17) is 0 Å². The molecule has 0 aliphatic rings. The number of para-hydroxylation sites is 1. The van der Waals surface area contributed by atoms with E-state index in [1.807, 2.05) is 0 Å². The van der Waals surface area contributed by atoms with E-state index in [2.05, 4.69) is 21.6 Å². The van der Waals surface area contributed by atoms with Gasteiger partial charge in [-0.3, -0.25) is 10.1 Å². The molecule has 0 atom stereocenters. The predicted octanol–water partition coefficient (Wildman–Crippen LogP) is 2.94. The number of rotatable bonds is 5. The van der Waals surface area contributed by atoms with Gasteiger partial charge in [-0.2, -0.15) is 9.36 Å². The molecule has 1 N–H and O–H groups in total. The van der Waals surface area contributed by atoms with Crippen LogP contribution in [-0.4, -0.2) is 20.8 Å². The standard InChI is InChI=1S/C11H12N4O2S/c1-2-7-12-11-13-10(14-18-11)8-5-3-4-6-9(8)15(16)17/h3-6H,2,7H2,1H3,(H,12,13,14). The quantitative estimate of drug-likeness (QED) is 0.663. The Kier molecular flexibility index (Phi) is 3.83. The van der Waals surface area contributed by atoms with Gasteiger partial charge in [-0.15, -0.1) is 0 Å².